The average Bonchev–Trinajstić information content (AvgIpc) is 3.22. The normalized spacial score (nSPS) is 12.2. The second kappa shape index (κ2) is 11.8. The molecule has 206 valence electrons. The number of aryl methyl sites for hydroxylation is 1. The number of carbonyl (C=O) groups excluding carboxylic acids is 2. The maximum Gasteiger partial charge on any atom is 0.272 e. The van der Waals surface area contributed by atoms with Crippen LogP contribution in [-0.2, 0) is 12.0 Å². The molecule has 1 aromatic carbocycles. The second-order valence-electron chi connectivity index (χ2n) is 10.3. The van der Waals surface area contributed by atoms with E-state index in [-0.39, 0.29) is 23.7 Å². The van der Waals surface area contributed by atoms with Crippen LogP contribution >= 0.6 is 0 Å². The van der Waals surface area contributed by atoms with Crippen LogP contribution in [0, 0.1) is 13.8 Å². The Bertz CT molecular complexity index is 1410. The van der Waals surface area contributed by atoms with Crippen LogP contribution in [0.3, 0.4) is 0 Å². The Morgan fingerprint density at radius 3 is 2.39 bits per heavy atom. The van der Waals surface area contributed by atoms with E-state index in [1.807, 2.05) is 26.8 Å². The van der Waals surface area contributed by atoms with Gasteiger partial charge in [0.15, 0.2) is 28.6 Å². The SMILES string of the molecule is CCCCOc1cc(C(=O)Cn2nc3c(C)c(C)c(C(=O)NCC)nn3c2=NC)cc(C(C)(C)C)c1OC. The van der Waals surface area contributed by atoms with Gasteiger partial charge in [-0.05, 0) is 50.3 Å². The van der Waals surface area contributed by atoms with Gasteiger partial charge in [-0.1, -0.05) is 34.1 Å². The molecule has 0 aliphatic carbocycles. The van der Waals surface area contributed by atoms with Gasteiger partial charge < -0.3 is 14.8 Å². The van der Waals surface area contributed by atoms with E-state index in [0.29, 0.717) is 47.2 Å². The third-order valence-corrected chi connectivity index (χ3v) is 6.48. The van der Waals surface area contributed by atoms with Crippen molar-refractivity contribution in [2.24, 2.45) is 4.99 Å². The van der Waals surface area contributed by atoms with Gasteiger partial charge in [0.05, 0.1) is 13.7 Å². The first kappa shape index (κ1) is 28.9. The van der Waals surface area contributed by atoms with Crippen LogP contribution in [0.5, 0.6) is 11.5 Å². The predicted octanol–water partition coefficient (Wildman–Crippen LogP) is 3.80. The van der Waals surface area contributed by atoms with E-state index in [0.717, 1.165) is 29.5 Å². The van der Waals surface area contributed by atoms with E-state index in [2.05, 4.69) is 48.2 Å². The van der Waals surface area contributed by atoms with E-state index < -0.39 is 0 Å². The number of ketones is 1. The predicted molar refractivity (Wildman–Crippen MR) is 146 cm³/mol. The van der Waals surface area contributed by atoms with Gasteiger partial charge >= 0.3 is 0 Å². The third kappa shape index (κ3) is 5.74. The summed E-state index contributed by atoms with van der Waals surface area (Å²) in [7, 11) is 3.23. The van der Waals surface area contributed by atoms with Crippen LogP contribution in [0.25, 0.3) is 5.65 Å². The number of rotatable bonds is 10. The molecule has 38 heavy (non-hydrogen) atoms. The molecule has 10 nitrogen and oxygen atoms in total. The van der Waals surface area contributed by atoms with Gasteiger partial charge in [0.1, 0.15) is 6.54 Å². The molecule has 0 aliphatic heterocycles. The summed E-state index contributed by atoms with van der Waals surface area (Å²) in [5.41, 5.74) is 3.84. The summed E-state index contributed by atoms with van der Waals surface area (Å²) in [6.07, 6.45) is 1.89. The highest BCUT2D eigenvalue weighted by atomic mass is 16.5. The summed E-state index contributed by atoms with van der Waals surface area (Å²) in [5.74, 6) is 0.770. The standard InChI is InChI=1S/C28H40N6O4/c1-10-12-13-38-22-15-19(14-20(24(22)37-9)28(5,6)7)21(35)16-33-27(29-8)34-25(32-33)18(4)17(3)23(31-34)26(36)30-11-2/h14-15H,10-13,16H2,1-9H3,(H,30,36). The lowest BCUT2D eigenvalue weighted by Crippen LogP contribution is -2.30. The lowest BCUT2D eigenvalue weighted by molar-refractivity contribution is 0.0944. The van der Waals surface area contributed by atoms with Gasteiger partial charge in [0, 0.05) is 30.3 Å². The fraction of sp³-hybridized carbons (Fsp3) is 0.536. The number of carbonyl (C=O) groups is 2. The van der Waals surface area contributed by atoms with Crippen LogP contribution in [0.2, 0.25) is 0 Å². The molecule has 0 radical (unpaired) electrons. The minimum atomic E-state index is -0.279. The lowest BCUT2D eigenvalue weighted by atomic mass is 9.84. The number of amides is 1. The van der Waals surface area contributed by atoms with Gasteiger partial charge in [-0.15, -0.1) is 5.10 Å². The van der Waals surface area contributed by atoms with Crippen LogP contribution in [0.1, 0.15) is 85.0 Å². The highest BCUT2D eigenvalue weighted by Gasteiger charge is 2.26. The second-order valence-corrected chi connectivity index (χ2v) is 10.3. The molecule has 2 heterocycles. The van der Waals surface area contributed by atoms with E-state index in [9.17, 15) is 9.59 Å². The Labute approximate surface area is 224 Å². The number of methoxy groups -OCH3 is 1. The highest BCUT2D eigenvalue weighted by Crippen LogP contribution is 2.40. The Kier molecular flexibility index (Phi) is 8.96. The van der Waals surface area contributed by atoms with Crippen LogP contribution < -0.4 is 20.4 Å². The van der Waals surface area contributed by atoms with Crippen molar-refractivity contribution in [2.45, 2.75) is 73.3 Å². The third-order valence-electron chi connectivity index (χ3n) is 6.48. The van der Waals surface area contributed by atoms with Crippen molar-refractivity contribution in [3.05, 3.63) is 45.7 Å². The van der Waals surface area contributed by atoms with E-state index >= 15 is 0 Å². The molecule has 0 spiro atoms. The van der Waals surface area contributed by atoms with Crippen molar-refractivity contribution in [3.8, 4) is 11.5 Å². The van der Waals surface area contributed by atoms with Gasteiger partial charge in [-0.25, -0.2) is 4.68 Å². The maximum absolute atomic E-state index is 13.6. The molecule has 0 unspecified atom stereocenters. The highest BCUT2D eigenvalue weighted by molar-refractivity contribution is 5.97. The molecule has 0 saturated carbocycles. The zero-order valence-corrected chi connectivity index (χ0v) is 24.1. The molecule has 2 aromatic heterocycles. The van der Waals surface area contributed by atoms with Crippen molar-refractivity contribution in [2.75, 3.05) is 27.3 Å². The van der Waals surface area contributed by atoms with Gasteiger partial charge in [0.25, 0.3) is 5.91 Å². The van der Waals surface area contributed by atoms with Crippen molar-refractivity contribution < 1.29 is 19.1 Å². The zero-order valence-electron chi connectivity index (χ0n) is 24.1. The Hall–Kier alpha value is -3.69. The molecule has 3 aromatic rings. The molecule has 3 rings (SSSR count). The first-order valence-corrected chi connectivity index (χ1v) is 13.0. The summed E-state index contributed by atoms with van der Waals surface area (Å²) in [6.45, 7) is 14.9. The van der Waals surface area contributed by atoms with E-state index in [1.54, 1.807) is 20.2 Å². The van der Waals surface area contributed by atoms with E-state index in [4.69, 9.17) is 9.47 Å². The van der Waals surface area contributed by atoms with Crippen molar-refractivity contribution in [1.82, 2.24) is 24.7 Å². The Balaban J connectivity index is 2.10. The molecule has 1 N–H and O–H groups in total. The molecule has 0 aliphatic rings. The molecule has 10 heteroatoms. The molecule has 0 fully saturated rings. The van der Waals surface area contributed by atoms with Crippen molar-refractivity contribution in [1.29, 1.82) is 0 Å². The minimum absolute atomic E-state index is 0.0602. The number of hydrogen-bond donors (Lipinski definition) is 1. The molecule has 0 atom stereocenters. The monoisotopic (exact) mass is 524 g/mol. The number of hydrogen-bond acceptors (Lipinski definition) is 7. The van der Waals surface area contributed by atoms with Crippen LogP contribution in [-0.4, -0.2) is 58.4 Å². The quantitative estimate of drug-likeness (QED) is 0.319. The Morgan fingerprint density at radius 1 is 1.11 bits per heavy atom. The fourth-order valence-corrected chi connectivity index (χ4v) is 4.22. The number of ether oxygens (including phenoxy) is 2. The molecular weight excluding hydrogens is 484 g/mol. The maximum atomic E-state index is 13.6. The smallest absolute Gasteiger partial charge is 0.272 e. The summed E-state index contributed by atoms with van der Waals surface area (Å²) in [4.78, 5) is 30.6. The summed E-state index contributed by atoms with van der Waals surface area (Å²) in [6, 6.07) is 3.61. The van der Waals surface area contributed by atoms with Gasteiger partial charge in [0.2, 0.25) is 5.62 Å². The van der Waals surface area contributed by atoms with Gasteiger partial charge in [-0.3, -0.25) is 14.6 Å². The number of unbranched alkanes of at least 4 members (excludes halogenated alkanes) is 1. The van der Waals surface area contributed by atoms with Crippen LogP contribution in [0.15, 0.2) is 17.1 Å². The summed E-state index contributed by atoms with van der Waals surface area (Å²) >= 11 is 0. The molecule has 0 saturated heterocycles. The minimum Gasteiger partial charge on any atom is -0.493 e. The largest absolute Gasteiger partial charge is 0.493 e. The molecular formula is C28H40N6O4. The number of nitrogens with zero attached hydrogens (tertiary/aromatic N) is 5. The summed E-state index contributed by atoms with van der Waals surface area (Å²) < 4.78 is 14.8. The van der Waals surface area contributed by atoms with Gasteiger partial charge in [-0.2, -0.15) is 9.61 Å². The first-order chi connectivity index (χ1) is 18.0. The summed E-state index contributed by atoms with van der Waals surface area (Å²) in [5, 5.41) is 12.0. The van der Waals surface area contributed by atoms with Crippen molar-refractivity contribution in [3.63, 3.8) is 0 Å². The van der Waals surface area contributed by atoms with E-state index in [1.165, 1.54) is 9.20 Å². The average molecular weight is 525 g/mol. The molecule has 1 amide bonds. The first-order valence-electron chi connectivity index (χ1n) is 13.0. The number of benzene rings is 1. The topological polar surface area (TPSA) is 112 Å². The zero-order chi connectivity index (χ0) is 28.2. The lowest BCUT2D eigenvalue weighted by Gasteiger charge is -2.25. The van der Waals surface area contributed by atoms with Crippen molar-refractivity contribution >= 4 is 17.3 Å². The number of fused-ring (bicyclic) bond motifs is 1. The fourth-order valence-electron chi connectivity index (χ4n) is 4.22. The number of nitrogens with one attached hydrogen (secondary N) is 1. The molecule has 0 bridgehead atoms. The Morgan fingerprint density at radius 2 is 1.82 bits per heavy atom. The number of Topliss-reactive ketones (excluding diaryl/α,β-unsaturated/α-hetero) is 1. The van der Waals surface area contributed by atoms with Crippen LogP contribution in [0.4, 0.5) is 0 Å². The number of aromatic nitrogens is 4.